The van der Waals surface area contributed by atoms with Crippen LogP contribution in [-0.4, -0.2) is 24.4 Å². The fourth-order valence-corrected chi connectivity index (χ4v) is 9.14. The van der Waals surface area contributed by atoms with Crippen molar-refractivity contribution >= 4 is 47.2 Å². The van der Waals surface area contributed by atoms with Gasteiger partial charge in [-0.2, -0.15) is 0 Å². The Kier molecular flexibility index (Phi) is 25.9. The molecule has 240 valence electrons. The fraction of sp³-hybridized carbons (Fsp3) is 0.333. The van der Waals surface area contributed by atoms with Crippen molar-refractivity contribution in [2.75, 3.05) is 13.1 Å². The van der Waals surface area contributed by atoms with Crippen LogP contribution in [0.25, 0.3) is 11.1 Å². The molecule has 2 aliphatic carbocycles. The molecule has 1 unspecified atom stereocenters. The Morgan fingerprint density at radius 1 is 0.568 bits per heavy atom. The van der Waals surface area contributed by atoms with Gasteiger partial charge in [0, 0.05) is 30.2 Å². The zero-order valence-electron chi connectivity index (χ0n) is 25.5. The summed E-state index contributed by atoms with van der Waals surface area (Å²) in [6.45, 7) is 1.19. The molecule has 8 heteroatoms. The fourth-order valence-electron chi connectivity index (χ4n) is 5.31. The molecule has 2 aliphatic rings. The molecule has 2 saturated carbocycles. The average Bonchev–Trinajstić information content (AvgIpc) is 3.79. The van der Waals surface area contributed by atoms with Gasteiger partial charge in [0.2, 0.25) is 0 Å². The quantitative estimate of drug-likeness (QED) is 0.156. The summed E-state index contributed by atoms with van der Waals surface area (Å²) in [5, 5.41) is 3.17. The van der Waals surface area contributed by atoms with E-state index in [1.165, 1.54) is 62.5 Å². The third kappa shape index (κ3) is 17.3. The Morgan fingerprint density at radius 2 is 0.864 bits per heavy atom. The third-order valence-corrected chi connectivity index (χ3v) is 11.4. The molecule has 0 aromatic heterocycles. The molecular weight excluding hydrogens is 750 g/mol. The van der Waals surface area contributed by atoms with Crippen molar-refractivity contribution in [1.29, 1.82) is 0 Å². The molecule has 0 radical (unpaired) electrons. The maximum absolute atomic E-state index is 4.90. The summed E-state index contributed by atoms with van der Waals surface area (Å²) in [6, 6.07) is 43.1. The predicted molar refractivity (Wildman–Crippen MR) is 196 cm³/mol. The van der Waals surface area contributed by atoms with E-state index in [-0.39, 0.29) is 32.2 Å². The topological polar surface area (TPSA) is 52.0 Å². The van der Waals surface area contributed by atoms with Crippen molar-refractivity contribution in [3.05, 3.63) is 121 Å². The molecule has 6 rings (SSSR count). The van der Waals surface area contributed by atoms with Gasteiger partial charge in [0.25, 0.3) is 0 Å². The summed E-state index contributed by atoms with van der Waals surface area (Å²) >= 11 is -0.346. The van der Waals surface area contributed by atoms with Crippen molar-refractivity contribution < 1.29 is 32.2 Å². The first kappa shape index (κ1) is 41.4. The number of halogens is 2. The first-order valence-corrected chi connectivity index (χ1v) is 22.0. The molecule has 0 saturated heterocycles. The molecule has 4 N–H and O–H groups in total. The number of hydrogen-bond donors (Lipinski definition) is 2. The van der Waals surface area contributed by atoms with Crippen LogP contribution in [0.3, 0.4) is 0 Å². The molecule has 2 fully saturated rings. The Balaban J connectivity index is 0.000000321. The normalized spacial score (nSPS) is 13.9. The molecule has 4 aromatic rings. The van der Waals surface area contributed by atoms with Crippen molar-refractivity contribution in [2.45, 2.75) is 62.7 Å². The summed E-state index contributed by atoms with van der Waals surface area (Å²) in [5.41, 5.74) is 14.3. The van der Waals surface area contributed by atoms with Gasteiger partial charge < -0.3 is 11.5 Å². The first-order valence-electron chi connectivity index (χ1n) is 15.2. The first-order chi connectivity index (χ1) is 21.1. The van der Waals surface area contributed by atoms with Gasteiger partial charge in [-0.05, 0) is 79.6 Å². The number of rotatable bonds is 5. The van der Waals surface area contributed by atoms with Crippen molar-refractivity contribution in [2.24, 2.45) is 11.5 Å². The van der Waals surface area contributed by atoms with E-state index < -0.39 is 7.92 Å². The van der Waals surface area contributed by atoms with Gasteiger partial charge in [-0.3, -0.25) is 0 Å². The van der Waals surface area contributed by atoms with E-state index in [1.807, 2.05) is 12.1 Å². The minimum Gasteiger partial charge on any atom is -0.0622 e. The van der Waals surface area contributed by atoms with E-state index in [0.29, 0.717) is 13.1 Å². The Morgan fingerprint density at radius 3 is 1.14 bits per heavy atom. The summed E-state index contributed by atoms with van der Waals surface area (Å²) < 4.78 is 0. The van der Waals surface area contributed by atoms with E-state index in [1.54, 1.807) is 10.6 Å². The number of nitrogens with two attached hydrogens (primary N) is 2. The summed E-state index contributed by atoms with van der Waals surface area (Å²) in [7, 11) is 12.0. The Bertz CT molecular complexity index is 1090. The van der Waals surface area contributed by atoms with Crippen molar-refractivity contribution in [3.8, 4) is 11.1 Å². The van der Waals surface area contributed by atoms with Gasteiger partial charge in [0.15, 0.2) is 0 Å². The van der Waals surface area contributed by atoms with Gasteiger partial charge in [0.1, 0.15) is 0 Å². The molecule has 0 heterocycles. The number of hydrogen-bond acceptors (Lipinski definition) is 2. The maximum Gasteiger partial charge on any atom is 0.0969 e. The van der Waals surface area contributed by atoms with Crippen LogP contribution in [0.2, 0.25) is 0 Å². The van der Waals surface area contributed by atoms with E-state index >= 15 is 0 Å². The largest absolute Gasteiger partial charge is 0.0969 e. The van der Waals surface area contributed by atoms with E-state index in [0.717, 1.165) is 11.3 Å². The van der Waals surface area contributed by atoms with Crippen LogP contribution in [-0.2, 0) is 32.2 Å². The van der Waals surface area contributed by atoms with Gasteiger partial charge >= 0.3 is 34.5 Å². The van der Waals surface area contributed by atoms with Crippen LogP contribution in [0.5, 0.6) is 0 Å². The molecule has 0 aliphatic heterocycles. The summed E-state index contributed by atoms with van der Waals surface area (Å²) in [6.07, 6.45) is 11.5. The van der Waals surface area contributed by atoms with Crippen molar-refractivity contribution in [3.63, 3.8) is 0 Å². The molecule has 1 atom stereocenters. The zero-order chi connectivity index (χ0) is 31.0. The molecule has 4 aromatic carbocycles. The van der Waals surface area contributed by atoms with E-state index in [2.05, 4.69) is 118 Å². The smallest absolute Gasteiger partial charge is 0.0622 e. The third-order valence-electron chi connectivity index (χ3n) is 7.38. The van der Waals surface area contributed by atoms with Crippen LogP contribution >= 0.6 is 36.5 Å². The average molecular weight is 800 g/mol. The predicted octanol–water partition coefficient (Wildman–Crippen LogP) is 9.23. The maximum atomic E-state index is 4.90. The Hall–Kier alpha value is -0.617. The standard InChI is InChI=1S/C17H19P.C12H10.C5H11P.C2H8N2.2ClH.Fe.Ru/c1-3-9-15(10-4-1)18(17-13-7-8-14-17)16-11-5-2-6-12-16;1-3-7-11(8-4-1)12-9-5-2-6-10-12;6-5-3-1-2-4-5;3-1-2-4;;;;/h1-6,9-12,17H,7-8,13-14H2;1-10H;5H,1-4,6H2;1-4H2;2*1H;;/q;;;;;;;+4/p-1. The minimum atomic E-state index is -0.577. The van der Waals surface area contributed by atoms with Crippen LogP contribution < -0.4 is 22.1 Å². The second-order valence-corrected chi connectivity index (χ2v) is 16.9. The molecule has 44 heavy (non-hydrogen) atoms. The zero-order valence-corrected chi connectivity index (χ0v) is 32.0. The monoisotopic (exact) mass is 799 g/mol. The van der Waals surface area contributed by atoms with Crippen LogP contribution in [0.1, 0.15) is 51.4 Å². The molecular formula is C36H49Cl2FeN2P2Ru+3. The second-order valence-electron chi connectivity index (χ2n) is 10.5. The van der Waals surface area contributed by atoms with Crippen LogP contribution in [0, 0.1) is 0 Å². The number of benzene rings is 4. The van der Waals surface area contributed by atoms with Gasteiger partial charge in [-0.15, -0.1) is 9.24 Å². The molecule has 2 nitrogen and oxygen atoms in total. The summed E-state index contributed by atoms with van der Waals surface area (Å²) in [5.74, 6) is 0. The van der Waals surface area contributed by atoms with Crippen molar-refractivity contribution in [1.82, 2.24) is 0 Å². The molecule has 0 amide bonds. The second kappa shape index (κ2) is 27.5. The van der Waals surface area contributed by atoms with E-state index in [4.69, 9.17) is 30.8 Å². The molecule has 0 spiro atoms. The van der Waals surface area contributed by atoms with Crippen LogP contribution in [0.4, 0.5) is 0 Å². The van der Waals surface area contributed by atoms with Gasteiger partial charge in [-0.25, -0.2) is 0 Å². The summed E-state index contributed by atoms with van der Waals surface area (Å²) in [4.78, 5) is 0. The molecule has 0 bridgehead atoms. The SMILES string of the molecule is NCCN.PC1CCCC1.[Cl][Ru+2][Cl].[Fe].c1ccc(-c2ccccc2)cc1.c1ccc([PH+](c2ccccc2)C2CCCC2)cc1. The van der Waals surface area contributed by atoms with E-state index in [9.17, 15) is 0 Å². The Labute approximate surface area is 297 Å². The van der Waals surface area contributed by atoms with Crippen LogP contribution in [0.15, 0.2) is 121 Å². The minimum absolute atomic E-state index is 0. The van der Waals surface area contributed by atoms with Gasteiger partial charge in [0.05, 0.1) is 24.2 Å². The van der Waals surface area contributed by atoms with Gasteiger partial charge in [-0.1, -0.05) is 110 Å².